The largest absolute Gasteiger partial charge is 0.345 e. The van der Waals surface area contributed by atoms with E-state index in [0.717, 1.165) is 11.3 Å². The van der Waals surface area contributed by atoms with E-state index in [1.54, 1.807) is 7.11 Å². The summed E-state index contributed by atoms with van der Waals surface area (Å²) >= 11 is 0. The Balaban J connectivity index is 2.16. The van der Waals surface area contributed by atoms with Crippen molar-refractivity contribution in [2.75, 3.05) is 25.1 Å². The molecule has 0 aliphatic carbocycles. The molecule has 2 amide bonds. The molecular weight excluding hydrogens is 234 g/mol. The minimum Gasteiger partial charge on any atom is -0.345 e. The molecule has 1 aromatic rings. The third kappa shape index (κ3) is 2.85. The Hall–Kier alpha value is -1.92. The van der Waals surface area contributed by atoms with Crippen molar-refractivity contribution in [3.63, 3.8) is 0 Å². The molecule has 1 heterocycles. The van der Waals surface area contributed by atoms with Crippen LogP contribution >= 0.6 is 0 Å². The van der Waals surface area contributed by atoms with E-state index in [9.17, 15) is 9.59 Å². The topological polar surface area (TPSA) is 70.7 Å². The number of piperazine rings is 1. The summed E-state index contributed by atoms with van der Waals surface area (Å²) in [5, 5.41) is 2.52. The fourth-order valence-electron chi connectivity index (χ4n) is 1.78. The Kier molecular flexibility index (Phi) is 3.91. The fraction of sp³-hybridized carbons (Fsp3) is 0.333. The summed E-state index contributed by atoms with van der Waals surface area (Å²) in [6, 6.07) is 7.45. The van der Waals surface area contributed by atoms with E-state index < -0.39 is 0 Å². The highest BCUT2D eigenvalue weighted by Crippen LogP contribution is 2.17. The van der Waals surface area contributed by atoms with Crippen LogP contribution in [-0.2, 0) is 21.0 Å². The van der Waals surface area contributed by atoms with Gasteiger partial charge < -0.3 is 15.1 Å². The van der Waals surface area contributed by atoms with Crippen molar-refractivity contribution in [3.05, 3.63) is 29.8 Å². The number of carbonyl (C=O) groups excluding carboxylic acids is 2. The molecule has 1 aliphatic heterocycles. The fourth-order valence-corrected chi connectivity index (χ4v) is 1.78. The first-order valence-electron chi connectivity index (χ1n) is 5.62. The van der Waals surface area contributed by atoms with Crippen LogP contribution in [0.1, 0.15) is 5.56 Å². The summed E-state index contributed by atoms with van der Waals surface area (Å²) in [6.07, 6.45) is 0. The highest BCUT2D eigenvalue weighted by Gasteiger charge is 2.24. The number of benzene rings is 1. The van der Waals surface area contributed by atoms with E-state index in [1.807, 2.05) is 24.3 Å². The smallest absolute Gasteiger partial charge is 0.246 e. The van der Waals surface area contributed by atoms with E-state index in [4.69, 9.17) is 4.84 Å². The van der Waals surface area contributed by atoms with Crippen molar-refractivity contribution in [1.82, 2.24) is 10.8 Å². The van der Waals surface area contributed by atoms with Gasteiger partial charge in [0.15, 0.2) is 0 Å². The predicted molar refractivity (Wildman–Crippen MR) is 65.7 cm³/mol. The zero-order valence-electron chi connectivity index (χ0n) is 10.1. The number of carbonyl (C=O) groups is 2. The molecule has 18 heavy (non-hydrogen) atoms. The monoisotopic (exact) mass is 249 g/mol. The molecule has 0 unspecified atom stereocenters. The third-order valence-corrected chi connectivity index (χ3v) is 2.68. The standard InChI is InChI=1S/C12H15N3O3/c1-18-14-6-9-3-2-4-10(5-9)15-8-11(16)13-7-12(15)17/h2-5,14H,6-8H2,1H3,(H,13,16). The van der Waals surface area contributed by atoms with Gasteiger partial charge in [-0.1, -0.05) is 12.1 Å². The van der Waals surface area contributed by atoms with Gasteiger partial charge in [-0.05, 0) is 17.7 Å². The van der Waals surface area contributed by atoms with Gasteiger partial charge in [-0.3, -0.25) is 9.59 Å². The molecule has 0 aromatic heterocycles. The molecule has 0 saturated carbocycles. The molecule has 0 atom stereocenters. The number of anilines is 1. The average molecular weight is 249 g/mol. The molecular formula is C12H15N3O3. The summed E-state index contributed by atoms with van der Waals surface area (Å²) in [5.41, 5.74) is 4.44. The van der Waals surface area contributed by atoms with E-state index in [2.05, 4.69) is 10.8 Å². The van der Waals surface area contributed by atoms with Gasteiger partial charge in [0.2, 0.25) is 11.8 Å². The summed E-state index contributed by atoms with van der Waals surface area (Å²) in [5.74, 6) is -0.249. The first-order valence-corrected chi connectivity index (χ1v) is 5.62. The van der Waals surface area contributed by atoms with Crippen LogP contribution in [0.3, 0.4) is 0 Å². The maximum absolute atomic E-state index is 11.7. The van der Waals surface area contributed by atoms with Crippen LogP contribution in [0, 0.1) is 0 Å². The van der Waals surface area contributed by atoms with Crippen molar-refractivity contribution >= 4 is 17.5 Å². The van der Waals surface area contributed by atoms with Crippen LogP contribution in [0.25, 0.3) is 0 Å². The van der Waals surface area contributed by atoms with Crippen molar-refractivity contribution in [3.8, 4) is 0 Å². The van der Waals surface area contributed by atoms with Crippen LogP contribution in [-0.4, -0.2) is 32.0 Å². The molecule has 1 aliphatic rings. The first-order chi connectivity index (χ1) is 8.70. The van der Waals surface area contributed by atoms with Gasteiger partial charge in [0.05, 0.1) is 13.7 Å². The third-order valence-electron chi connectivity index (χ3n) is 2.68. The van der Waals surface area contributed by atoms with Crippen LogP contribution in [0.2, 0.25) is 0 Å². The van der Waals surface area contributed by atoms with Gasteiger partial charge in [-0.25, -0.2) is 0 Å². The Labute approximate surface area is 105 Å². The number of nitrogens with zero attached hydrogens (tertiary/aromatic N) is 1. The molecule has 0 bridgehead atoms. The Bertz CT molecular complexity index is 462. The lowest BCUT2D eigenvalue weighted by Gasteiger charge is -2.27. The van der Waals surface area contributed by atoms with Gasteiger partial charge in [-0.15, -0.1) is 0 Å². The molecule has 96 valence electrons. The quantitative estimate of drug-likeness (QED) is 0.725. The second-order valence-electron chi connectivity index (χ2n) is 3.95. The lowest BCUT2D eigenvalue weighted by Crippen LogP contribution is -2.51. The Morgan fingerprint density at radius 2 is 2.28 bits per heavy atom. The maximum Gasteiger partial charge on any atom is 0.246 e. The van der Waals surface area contributed by atoms with E-state index in [0.29, 0.717) is 6.54 Å². The molecule has 0 spiro atoms. The molecule has 0 radical (unpaired) electrons. The van der Waals surface area contributed by atoms with Gasteiger partial charge in [0.1, 0.15) is 6.54 Å². The molecule has 6 heteroatoms. The summed E-state index contributed by atoms with van der Waals surface area (Å²) < 4.78 is 0. The first kappa shape index (κ1) is 12.5. The molecule has 1 saturated heterocycles. The highest BCUT2D eigenvalue weighted by atomic mass is 16.6. The van der Waals surface area contributed by atoms with Crippen molar-refractivity contribution in [1.29, 1.82) is 0 Å². The number of hydrogen-bond acceptors (Lipinski definition) is 4. The number of hydroxylamine groups is 1. The number of rotatable bonds is 4. The number of nitrogens with one attached hydrogen (secondary N) is 2. The van der Waals surface area contributed by atoms with E-state index in [-0.39, 0.29) is 24.9 Å². The van der Waals surface area contributed by atoms with Crippen molar-refractivity contribution in [2.24, 2.45) is 0 Å². The average Bonchev–Trinajstić information content (AvgIpc) is 2.39. The van der Waals surface area contributed by atoms with E-state index in [1.165, 1.54) is 4.90 Å². The second-order valence-corrected chi connectivity index (χ2v) is 3.95. The minimum absolute atomic E-state index is 0.0549. The zero-order valence-corrected chi connectivity index (χ0v) is 10.1. The molecule has 2 N–H and O–H groups in total. The van der Waals surface area contributed by atoms with Gasteiger partial charge in [0, 0.05) is 12.2 Å². The maximum atomic E-state index is 11.7. The SMILES string of the molecule is CONCc1cccc(N2CC(=O)NCC2=O)c1. The van der Waals surface area contributed by atoms with Gasteiger partial charge in [-0.2, -0.15) is 5.48 Å². The van der Waals surface area contributed by atoms with Crippen molar-refractivity contribution < 1.29 is 14.4 Å². The van der Waals surface area contributed by atoms with Crippen LogP contribution in [0.15, 0.2) is 24.3 Å². The summed E-state index contributed by atoms with van der Waals surface area (Å²) in [4.78, 5) is 29.3. The van der Waals surface area contributed by atoms with Crippen LogP contribution < -0.4 is 15.7 Å². The minimum atomic E-state index is -0.144. The second kappa shape index (κ2) is 5.61. The highest BCUT2D eigenvalue weighted by molar-refractivity contribution is 6.04. The normalized spacial score (nSPS) is 15.7. The van der Waals surface area contributed by atoms with Gasteiger partial charge >= 0.3 is 0 Å². The van der Waals surface area contributed by atoms with E-state index >= 15 is 0 Å². The predicted octanol–water partition coefficient (Wildman–Crippen LogP) is -0.200. The van der Waals surface area contributed by atoms with Crippen LogP contribution in [0.5, 0.6) is 0 Å². The summed E-state index contributed by atoms with van der Waals surface area (Å²) in [7, 11) is 1.54. The lowest BCUT2D eigenvalue weighted by atomic mass is 10.1. The number of amides is 2. The summed E-state index contributed by atoms with van der Waals surface area (Å²) in [6.45, 7) is 0.665. The lowest BCUT2D eigenvalue weighted by molar-refractivity contribution is -0.128. The number of hydrogen-bond donors (Lipinski definition) is 2. The molecule has 1 aromatic carbocycles. The molecule has 2 rings (SSSR count). The molecule has 6 nitrogen and oxygen atoms in total. The van der Waals surface area contributed by atoms with Crippen molar-refractivity contribution in [2.45, 2.75) is 6.54 Å². The van der Waals surface area contributed by atoms with Crippen LogP contribution in [0.4, 0.5) is 5.69 Å². The Morgan fingerprint density at radius 1 is 1.44 bits per heavy atom. The molecule has 1 fully saturated rings. The Morgan fingerprint density at radius 3 is 3.06 bits per heavy atom. The zero-order chi connectivity index (χ0) is 13.0. The van der Waals surface area contributed by atoms with Gasteiger partial charge in [0.25, 0.3) is 0 Å².